The maximum atomic E-state index is 13.6. The van der Waals surface area contributed by atoms with E-state index in [1.807, 2.05) is 0 Å². The number of aliphatic hydroxyl groups is 1. The Hall–Kier alpha value is -2.67. The van der Waals surface area contributed by atoms with Crippen molar-refractivity contribution in [3.8, 4) is 0 Å². The van der Waals surface area contributed by atoms with Crippen molar-refractivity contribution < 1.29 is 13.9 Å². The molecule has 3 aromatic rings. The largest absolute Gasteiger partial charge is 0.386 e. The van der Waals surface area contributed by atoms with Crippen LogP contribution in [0.3, 0.4) is 0 Å². The van der Waals surface area contributed by atoms with E-state index in [1.165, 1.54) is 12.5 Å². The average Bonchev–Trinajstić information content (AvgIpc) is 2.50. The zero-order valence-electron chi connectivity index (χ0n) is 11.3. The highest BCUT2D eigenvalue weighted by molar-refractivity contribution is 5.72. The Bertz CT molecular complexity index is 895. The third kappa shape index (κ3) is 2.58. The van der Waals surface area contributed by atoms with Gasteiger partial charge in [0.2, 0.25) is 0 Å². The third-order valence-electron chi connectivity index (χ3n) is 3.29. The van der Waals surface area contributed by atoms with Crippen molar-refractivity contribution in [1.82, 2.24) is 14.5 Å². The summed E-state index contributed by atoms with van der Waals surface area (Å²) in [6.07, 6.45) is 1.46. The molecule has 0 spiro atoms. The molecule has 0 bridgehead atoms. The first kappa shape index (κ1) is 14.3. The van der Waals surface area contributed by atoms with E-state index < -0.39 is 17.7 Å². The topological polar surface area (TPSA) is 68.0 Å². The molecule has 5 nitrogen and oxygen atoms in total. The lowest BCUT2D eigenvalue weighted by Crippen LogP contribution is -2.24. The van der Waals surface area contributed by atoms with E-state index in [1.54, 1.807) is 12.1 Å². The molecule has 1 atom stereocenters. The first-order chi connectivity index (χ1) is 10.6. The van der Waals surface area contributed by atoms with Crippen LogP contribution in [0.15, 0.2) is 47.7 Å². The Kier molecular flexibility index (Phi) is 3.64. The van der Waals surface area contributed by atoms with Crippen molar-refractivity contribution in [2.24, 2.45) is 0 Å². The normalized spacial score (nSPS) is 12.5. The minimum atomic E-state index is -1.30. The molecule has 1 N–H and O–H groups in total. The summed E-state index contributed by atoms with van der Waals surface area (Å²) < 4.78 is 27.7. The molecule has 0 unspecified atom stereocenters. The molecular weight excluding hydrogens is 292 g/mol. The molecule has 7 heteroatoms. The summed E-state index contributed by atoms with van der Waals surface area (Å²) in [5, 5.41) is 10.4. The fourth-order valence-corrected chi connectivity index (χ4v) is 2.18. The van der Waals surface area contributed by atoms with Crippen molar-refractivity contribution in [2.45, 2.75) is 12.6 Å². The zero-order chi connectivity index (χ0) is 15.7. The van der Waals surface area contributed by atoms with E-state index in [2.05, 4.69) is 9.97 Å². The van der Waals surface area contributed by atoms with Gasteiger partial charge in [-0.15, -0.1) is 0 Å². The number of hydrogen-bond donors (Lipinski definition) is 1. The van der Waals surface area contributed by atoms with Crippen molar-refractivity contribution in [3.63, 3.8) is 0 Å². The molecule has 0 fully saturated rings. The lowest BCUT2D eigenvalue weighted by Gasteiger charge is -2.13. The van der Waals surface area contributed by atoms with Crippen LogP contribution in [0.1, 0.15) is 11.7 Å². The van der Waals surface area contributed by atoms with Crippen LogP contribution in [0.2, 0.25) is 0 Å². The fourth-order valence-electron chi connectivity index (χ4n) is 2.18. The van der Waals surface area contributed by atoms with E-state index in [0.717, 1.165) is 16.7 Å². The predicted octanol–water partition coefficient (Wildman–Crippen LogP) is 1.80. The number of aromatic nitrogens is 3. The minimum Gasteiger partial charge on any atom is -0.386 e. The molecule has 0 radical (unpaired) electrons. The van der Waals surface area contributed by atoms with Crippen LogP contribution in [-0.2, 0) is 6.54 Å². The number of nitrogens with zero attached hydrogens (tertiary/aromatic N) is 3. The molecule has 2 aromatic heterocycles. The zero-order valence-corrected chi connectivity index (χ0v) is 11.3. The fraction of sp³-hybridized carbons (Fsp3) is 0.133. The van der Waals surface area contributed by atoms with E-state index in [9.17, 15) is 18.7 Å². The van der Waals surface area contributed by atoms with Crippen LogP contribution < -0.4 is 5.56 Å². The smallest absolute Gasteiger partial charge is 0.262 e. The number of halogens is 2. The Morgan fingerprint density at radius 2 is 2.05 bits per heavy atom. The highest BCUT2D eigenvalue weighted by Crippen LogP contribution is 2.19. The number of rotatable bonds is 3. The molecule has 0 saturated heterocycles. The first-order valence-corrected chi connectivity index (χ1v) is 6.49. The van der Waals surface area contributed by atoms with Gasteiger partial charge in [0.05, 0.1) is 18.0 Å². The van der Waals surface area contributed by atoms with Crippen molar-refractivity contribution in [3.05, 3.63) is 70.4 Å². The highest BCUT2D eigenvalue weighted by atomic mass is 19.1. The molecule has 0 aliphatic carbocycles. The lowest BCUT2D eigenvalue weighted by atomic mass is 10.1. The minimum absolute atomic E-state index is 0.0837. The van der Waals surface area contributed by atoms with Gasteiger partial charge in [0.1, 0.15) is 18.0 Å². The quantitative estimate of drug-likeness (QED) is 0.801. The van der Waals surface area contributed by atoms with Crippen LogP contribution in [0.4, 0.5) is 8.78 Å². The van der Waals surface area contributed by atoms with Crippen LogP contribution in [0.5, 0.6) is 0 Å². The molecule has 2 heterocycles. The van der Waals surface area contributed by atoms with Crippen molar-refractivity contribution >= 4 is 11.0 Å². The number of aliphatic hydroxyl groups excluding tert-OH is 1. The molecule has 0 saturated carbocycles. The maximum Gasteiger partial charge on any atom is 0.262 e. The second-order valence-corrected chi connectivity index (χ2v) is 4.76. The van der Waals surface area contributed by atoms with Crippen molar-refractivity contribution in [1.29, 1.82) is 0 Å². The Balaban J connectivity index is 1.96. The Labute approximate surface area is 123 Å². The Morgan fingerprint density at radius 1 is 1.23 bits per heavy atom. The maximum absolute atomic E-state index is 13.6. The van der Waals surface area contributed by atoms with Crippen LogP contribution in [-0.4, -0.2) is 19.6 Å². The number of hydrogen-bond acceptors (Lipinski definition) is 4. The van der Waals surface area contributed by atoms with Gasteiger partial charge in [-0.1, -0.05) is 6.07 Å². The van der Waals surface area contributed by atoms with Crippen LogP contribution in [0.25, 0.3) is 11.0 Å². The SMILES string of the molecule is O=c1c2cccnc2ncn1C[C@H](O)c1ccc(F)cc1F. The number of fused-ring (bicyclic) bond motifs is 1. The van der Waals surface area contributed by atoms with Gasteiger partial charge in [-0.3, -0.25) is 9.36 Å². The van der Waals surface area contributed by atoms with Gasteiger partial charge in [0, 0.05) is 17.8 Å². The summed E-state index contributed by atoms with van der Waals surface area (Å²) in [4.78, 5) is 20.2. The van der Waals surface area contributed by atoms with Gasteiger partial charge in [-0.25, -0.2) is 18.7 Å². The second kappa shape index (κ2) is 5.61. The van der Waals surface area contributed by atoms with Gasteiger partial charge in [0.15, 0.2) is 5.65 Å². The first-order valence-electron chi connectivity index (χ1n) is 6.49. The van der Waals surface area contributed by atoms with Gasteiger partial charge in [-0.2, -0.15) is 0 Å². The monoisotopic (exact) mass is 303 g/mol. The molecule has 22 heavy (non-hydrogen) atoms. The summed E-state index contributed by atoms with van der Waals surface area (Å²) in [7, 11) is 0. The standard InChI is InChI=1S/C15H11F2N3O2/c16-9-3-4-10(12(17)6-9)13(21)7-20-8-19-14-11(15(20)22)2-1-5-18-14/h1-6,8,13,21H,7H2/t13-/m0/s1. The predicted molar refractivity (Wildman–Crippen MR) is 75.1 cm³/mol. The van der Waals surface area contributed by atoms with Crippen LogP contribution >= 0.6 is 0 Å². The van der Waals surface area contributed by atoms with Gasteiger partial charge in [0.25, 0.3) is 5.56 Å². The molecule has 0 aliphatic rings. The molecule has 112 valence electrons. The number of pyridine rings is 1. The summed E-state index contributed by atoms with van der Waals surface area (Å²) >= 11 is 0. The summed E-state index contributed by atoms with van der Waals surface area (Å²) in [6, 6.07) is 6.05. The average molecular weight is 303 g/mol. The van der Waals surface area contributed by atoms with E-state index in [4.69, 9.17) is 0 Å². The second-order valence-electron chi connectivity index (χ2n) is 4.76. The van der Waals surface area contributed by atoms with Crippen molar-refractivity contribution in [2.75, 3.05) is 0 Å². The van der Waals surface area contributed by atoms with Gasteiger partial charge >= 0.3 is 0 Å². The van der Waals surface area contributed by atoms with E-state index in [-0.39, 0.29) is 17.7 Å². The summed E-state index contributed by atoms with van der Waals surface area (Å²) in [6.45, 7) is -0.195. The Morgan fingerprint density at radius 3 is 2.82 bits per heavy atom. The third-order valence-corrected chi connectivity index (χ3v) is 3.29. The van der Waals surface area contributed by atoms with E-state index in [0.29, 0.717) is 17.1 Å². The molecule has 1 aromatic carbocycles. The summed E-state index contributed by atoms with van der Waals surface area (Å²) in [5.41, 5.74) is -0.176. The summed E-state index contributed by atoms with van der Waals surface area (Å²) in [5.74, 6) is -1.60. The van der Waals surface area contributed by atoms with E-state index >= 15 is 0 Å². The molecular formula is C15H11F2N3O2. The van der Waals surface area contributed by atoms with Crippen LogP contribution in [0, 0.1) is 11.6 Å². The highest BCUT2D eigenvalue weighted by Gasteiger charge is 2.15. The number of benzene rings is 1. The molecule has 3 rings (SSSR count). The van der Waals surface area contributed by atoms with Gasteiger partial charge in [-0.05, 0) is 18.2 Å². The lowest BCUT2D eigenvalue weighted by molar-refractivity contribution is 0.150. The molecule has 0 amide bonds. The molecule has 0 aliphatic heterocycles. The van der Waals surface area contributed by atoms with Gasteiger partial charge < -0.3 is 5.11 Å².